The minimum absolute atomic E-state index is 0.00446. The smallest absolute Gasteiger partial charge is 0.407 e. The number of benzene rings is 3. The number of aliphatic hydroxyl groups excluding tert-OH is 1. The molecule has 1 aliphatic heterocycles. The summed E-state index contributed by atoms with van der Waals surface area (Å²) in [7, 11) is 0. The molecule has 15 heteroatoms. The fourth-order valence-corrected chi connectivity index (χ4v) is 8.89. The zero-order chi connectivity index (χ0) is 45.6. The highest BCUT2D eigenvalue weighted by Gasteiger charge is 2.44. The number of aliphatic hydroxyl groups is 1. The second-order valence-corrected chi connectivity index (χ2v) is 18.1. The summed E-state index contributed by atoms with van der Waals surface area (Å²) >= 11 is 1.45. The van der Waals surface area contributed by atoms with Crippen molar-refractivity contribution in [3.8, 4) is 33.9 Å². The van der Waals surface area contributed by atoms with Crippen molar-refractivity contribution in [3.05, 3.63) is 101 Å². The first kappa shape index (κ1) is 47.4. The second-order valence-electron chi connectivity index (χ2n) is 17.2. The summed E-state index contributed by atoms with van der Waals surface area (Å²) in [5, 5.41) is 21.9. The molecule has 0 radical (unpaired) electrons. The van der Waals surface area contributed by atoms with Crippen LogP contribution < -0.4 is 21.3 Å². The molecule has 0 bridgehead atoms. The number of thiazole rings is 1. The van der Waals surface area contributed by atoms with E-state index < -0.39 is 41.5 Å². The van der Waals surface area contributed by atoms with E-state index in [1.54, 1.807) is 5.51 Å². The van der Waals surface area contributed by atoms with Crippen LogP contribution in [0, 0.1) is 17.8 Å². The molecule has 5 N–H and O–H groups in total. The number of amides is 5. The maximum atomic E-state index is 14.0. The Balaban J connectivity index is 0.903. The van der Waals surface area contributed by atoms with Gasteiger partial charge in [-0.15, -0.1) is 17.8 Å². The van der Waals surface area contributed by atoms with E-state index in [4.69, 9.17) is 15.9 Å². The molecule has 3 aromatic carbocycles. The van der Waals surface area contributed by atoms with Gasteiger partial charge < -0.3 is 40.7 Å². The van der Waals surface area contributed by atoms with Gasteiger partial charge in [-0.05, 0) is 51.6 Å². The van der Waals surface area contributed by atoms with Crippen LogP contribution in [0.4, 0.5) is 4.79 Å². The largest absolute Gasteiger partial charge is 0.449 e. The first-order chi connectivity index (χ1) is 30.8. The number of rotatable bonds is 20. The third-order valence-corrected chi connectivity index (χ3v) is 12.3. The summed E-state index contributed by atoms with van der Waals surface area (Å²) in [4.78, 5) is 71.8. The number of ether oxygens (including phenoxy) is 2. The number of unbranched alkanes of at least 4 members (excludes halogenated alkanes) is 3. The normalized spacial score (nSPS) is 16.0. The fraction of sp³-hybridized carbons (Fsp3) is 0.429. The van der Waals surface area contributed by atoms with Crippen molar-refractivity contribution in [1.29, 1.82) is 0 Å². The molecule has 5 amide bonds. The number of fused-ring (bicyclic) bond motifs is 3. The van der Waals surface area contributed by atoms with E-state index in [1.165, 1.54) is 27.4 Å². The third kappa shape index (κ3) is 12.6. The summed E-state index contributed by atoms with van der Waals surface area (Å²) in [5.74, 6) is 0.949. The van der Waals surface area contributed by atoms with Crippen LogP contribution in [0.25, 0.3) is 21.6 Å². The Morgan fingerprint density at radius 1 is 0.906 bits per heavy atom. The standard InChI is InChI=1S/C49H58N6O8S/c1-5-23-50-43(58)30-62-29-40-44(64-31-53-40)33-21-19-32(20-22-33)26-52-46(59)41-25-34(56)27-55(41)47(60)45(49(2,3)4)54-42(57)18-8-6-7-13-24-51-48(61)63-28-39-37-16-11-9-14-35(37)36-15-10-12-17-38(36)39/h1,9-12,14-17,19-22,31,34,39,41,45,56H,6-8,13,18,23-30H2,2-4H3,(H,50,58)(H,51,61)(H,52,59)(H,54,57)/t34-,41+,45-/m1/s1. The highest BCUT2D eigenvalue weighted by atomic mass is 32.1. The van der Waals surface area contributed by atoms with E-state index in [1.807, 2.05) is 69.3 Å². The molecule has 64 heavy (non-hydrogen) atoms. The monoisotopic (exact) mass is 890 g/mol. The zero-order valence-corrected chi connectivity index (χ0v) is 37.5. The quantitative estimate of drug-likeness (QED) is 0.0550. The van der Waals surface area contributed by atoms with Crippen LogP contribution in [0.2, 0.25) is 0 Å². The van der Waals surface area contributed by atoms with Crippen molar-refractivity contribution in [1.82, 2.24) is 31.2 Å². The highest BCUT2D eigenvalue weighted by molar-refractivity contribution is 7.13. The molecule has 3 atom stereocenters. The van der Waals surface area contributed by atoms with Crippen LogP contribution >= 0.6 is 11.3 Å². The number of β-amino-alcohol motifs (C(OH)–C–C–N with tert-alkyl or cyclic N) is 1. The Hall–Kier alpha value is -6.08. The molecule has 1 fully saturated rings. The van der Waals surface area contributed by atoms with Crippen molar-refractivity contribution in [2.24, 2.45) is 5.41 Å². The second kappa shape index (κ2) is 22.5. The predicted octanol–water partition coefficient (Wildman–Crippen LogP) is 5.67. The van der Waals surface area contributed by atoms with Gasteiger partial charge in [-0.25, -0.2) is 9.78 Å². The Bertz CT molecular complexity index is 2250. The maximum absolute atomic E-state index is 14.0. The molecule has 2 heterocycles. The number of hydrogen-bond acceptors (Lipinski definition) is 10. The van der Waals surface area contributed by atoms with Gasteiger partial charge in [-0.3, -0.25) is 19.2 Å². The molecule has 1 saturated heterocycles. The Morgan fingerprint density at radius 2 is 1.59 bits per heavy atom. The average molecular weight is 891 g/mol. The highest BCUT2D eigenvalue weighted by Crippen LogP contribution is 2.44. The van der Waals surface area contributed by atoms with Crippen molar-refractivity contribution in [2.45, 2.75) is 96.6 Å². The fourth-order valence-electron chi connectivity index (χ4n) is 8.09. The molecule has 2 aliphatic rings. The van der Waals surface area contributed by atoms with E-state index in [0.29, 0.717) is 18.7 Å². The molecule has 4 aromatic rings. The summed E-state index contributed by atoms with van der Waals surface area (Å²) in [6.07, 6.45) is 7.01. The van der Waals surface area contributed by atoms with Gasteiger partial charge >= 0.3 is 6.09 Å². The maximum Gasteiger partial charge on any atom is 0.407 e. The molecule has 0 spiro atoms. The number of hydrogen-bond donors (Lipinski definition) is 5. The molecule has 6 rings (SSSR count). The minimum atomic E-state index is -0.915. The summed E-state index contributed by atoms with van der Waals surface area (Å²) in [6.45, 7) is 6.60. The van der Waals surface area contributed by atoms with Gasteiger partial charge in [-0.2, -0.15) is 0 Å². The van der Waals surface area contributed by atoms with Crippen molar-refractivity contribution < 1.29 is 38.6 Å². The van der Waals surface area contributed by atoms with E-state index in [2.05, 4.69) is 56.4 Å². The Kier molecular flexibility index (Phi) is 16.7. The Morgan fingerprint density at radius 3 is 2.28 bits per heavy atom. The third-order valence-electron chi connectivity index (χ3n) is 11.4. The van der Waals surface area contributed by atoms with Crippen LogP contribution in [-0.2, 0) is 41.8 Å². The van der Waals surface area contributed by atoms with E-state index in [-0.39, 0.29) is 70.0 Å². The number of carbonyl (C=O) groups is 5. The van der Waals surface area contributed by atoms with Crippen LogP contribution in [-0.4, -0.2) is 95.7 Å². The number of nitrogens with one attached hydrogen (secondary N) is 4. The Labute approximate surface area is 378 Å². The summed E-state index contributed by atoms with van der Waals surface area (Å²) < 4.78 is 11.1. The van der Waals surface area contributed by atoms with Gasteiger partial charge in [0.2, 0.25) is 23.6 Å². The predicted molar refractivity (Wildman–Crippen MR) is 245 cm³/mol. The molecule has 0 saturated carbocycles. The number of carbonyl (C=O) groups excluding carboxylic acids is 5. The van der Waals surface area contributed by atoms with Gasteiger partial charge in [0.15, 0.2) is 0 Å². The zero-order valence-electron chi connectivity index (χ0n) is 36.7. The van der Waals surface area contributed by atoms with E-state index >= 15 is 0 Å². The summed E-state index contributed by atoms with van der Waals surface area (Å²) in [5.41, 5.74) is 8.13. The summed E-state index contributed by atoms with van der Waals surface area (Å²) in [6, 6.07) is 22.2. The molecular formula is C49H58N6O8S. The average Bonchev–Trinajstić information content (AvgIpc) is 4.01. The van der Waals surface area contributed by atoms with E-state index in [0.717, 1.165) is 46.4 Å². The number of alkyl carbamates (subject to hydrolysis) is 1. The number of likely N-dealkylation sites (tertiary alicyclic amines) is 1. The van der Waals surface area contributed by atoms with Crippen molar-refractivity contribution in [3.63, 3.8) is 0 Å². The molecule has 0 unspecified atom stereocenters. The van der Waals surface area contributed by atoms with Crippen LogP contribution in [0.15, 0.2) is 78.3 Å². The van der Waals surface area contributed by atoms with Crippen LogP contribution in [0.5, 0.6) is 0 Å². The van der Waals surface area contributed by atoms with E-state index in [9.17, 15) is 29.1 Å². The van der Waals surface area contributed by atoms with Crippen molar-refractivity contribution >= 4 is 41.1 Å². The molecule has 1 aliphatic carbocycles. The number of terminal acetylenes is 1. The molecule has 338 valence electrons. The van der Waals surface area contributed by atoms with Gasteiger partial charge in [0.1, 0.15) is 25.3 Å². The van der Waals surface area contributed by atoms with Crippen molar-refractivity contribution in [2.75, 3.05) is 32.8 Å². The SMILES string of the molecule is C#CCNC(=O)COCc1ncsc1-c1ccc(CNC(=O)[C@@H]2C[C@@H](O)CN2C(=O)[C@@H](NC(=O)CCCCCCNC(=O)OCC2c3ccccc3-c3ccccc32)C(C)(C)C)cc1. The minimum Gasteiger partial charge on any atom is -0.449 e. The number of nitrogens with zero attached hydrogens (tertiary/aromatic N) is 2. The molecule has 14 nitrogen and oxygen atoms in total. The van der Waals surface area contributed by atoms with Crippen LogP contribution in [0.3, 0.4) is 0 Å². The van der Waals surface area contributed by atoms with Crippen LogP contribution in [0.1, 0.15) is 87.6 Å². The first-order valence-corrected chi connectivity index (χ1v) is 22.7. The number of aromatic nitrogens is 1. The lowest BCUT2D eigenvalue weighted by atomic mass is 9.85. The lowest BCUT2D eigenvalue weighted by Crippen LogP contribution is -2.57. The molecular weight excluding hydrogens is 833 g/mol. The van der Waals surface area contributed by atoms with Gasteiger partial charge in [0, 0.05) is 38.4 Å². The lowest BCUT2D eigenvalue weighted by Gasteiger charge is -2.35. The first-order valence-electron chi connectivity index (χ1n) is 21.8. The molecule has 1 aromatic heterocycles. The van der Waals surface area contributed by atoms with Gasteiger partial charge in [0.25, 0.3) is 0 Å². The topological polar surface area (TPSA) is 188 Å². The van der Waals surface area contributed by atoms with Gasteiger partial charge in [-0.1, -0.05) is 112 Å². The lowest BCUT2D eigenvalue weighted by molar-refractivity contribution is -0.144. The van der Waals surface area contributed by atoms with Gasteiger partial charge in [0.05, 0.1) is 35.3 Å².